The number of Topliss-reactive ketones (excluding diaryl/α,β-unsaturated/α-hetero) is 1. The Labute approximate surface area is 119 Å². The fourth-order valence-corrected chi connectivity index (χ4v) is 4.26. The predicted molar refractivity (Wildman–Crippen MR) is 81.2 cm³/mol. The van der Waals surface area contributed by atoms with Crippen LogP contribution in [0, 0.1) is 17.8 Å². The van der Waals surface area contributed by atoms with Crippen molar-refractivity contribution in [1.29, 1.82) is 0 Å². The fraction of sp³-hybridized carbons (Fsp3) is 0.944. The standard InChI is InChI=1S/C18H32O/c1-2-3-10-16-13-8-9-14-17(18(16)19)15-11-6-4-5-7-12-15/h15-17H,2-14H2,1H3. The second-order valence-corrected chi connectivity index (χ2v) is 6.88. The number of carbonyl (C=O) groups excluding carboxylic acids is 1. The molecular weight excluding hydrogens is 232 g/mol. The van der Waals surface area contributed by atoms with Gasteiger partial charge in [0.15, 0.2) is 0 Å². The van der Waals surface area contributed by atoms with Crippen LogP contribution in [0.25, 0.3) is 0 Å². The first kappa shape index (κ1) is 15.1. The van der Waals surface area contributed by atoms with Crippen molar-refractivity contribution < 1.29 is 4.79 Å². The highest BCUT2D eigenvalue weighted by atomic mass is 16.1. The maximum atomic E-state index is 12.9. The number of carbonyl (C=O) groups is 1. The van der Waals surface area contributed by atoms with Gasteiger partial charge in [-0.05, 0) is 38.0 Å². The summed E-state index contributed by atoms with van der Waals surface area (Å²) < 4.78 is 0. The second kappa shape index (κ2) is 8.07. The third-order valence-electron chi connectivity index (χ3n) is 5.46. The van der Waals surface area contributed by atoms with Gasteiger partial charge in [0.05, 0.1) is 0 Å². The summed E-state index contributed by atoms with van der Waals surface area (Å²) in [7, 11) is 0. The lowest BCUT2D eigenvalue weighted by Gasteiger charge is -2.26. The lowest BCUT2D eigenvalue weighted by atomic mass is 9.77. The van der Waals surface area contributed by atoms with Gasteiger partial charge in [-0.15, -0.1) is 0 Å². The molecule has 0 aliphatic heterocycles. The molecule has 2 fully saturated rings. The van der Waals surface area contributed by atoms with Crippen LogP contribution in [0.5, 0.6) is 0 Å². The predicted octanol–water partition coefficient (Wildman–Crippen LogP) is 5.52. The van der Waals surface area contributed by atoms with Crippen LogP contribution < -0.4 is 0 Å². The molecular formula is C18H32O. The van der Waals surface area contributed by atoms with Gasteiger partial charge in [0.1, 0.15) is 5.78 Å². The minimum Gasteiger partial charge on any atom is -0.299 e. The zero-order valence-electron chi connectivity index (χ0n) is 12.8. The molecule has 0 radical (unpaired) electrons. The number of hydrogen-bond donors (Lipinski definition) is 0. The molecule has 1 heteroatoms. The number of hydrogen-bond acceptors (Lipinski definition) is 1. The molecule has 0 N–H and O–H groups in total. The van der Waals surface area contributed by atoms with E-state index in [1.807, 2.05) is 0 Å². The summed E-state index contributed by atoms with van der Waals surface area (Å²) in [4.78, 5) is 12.9. The third-order valence-corrected chi connectivity index (χ3v) is 5.46. The van der Waals surface area contributed by atoms with Crippen molar-refractivity contribution in [3.05, 3.63) is 0 Å². The van der Waals surface area contributed by atoms with Crippen LogP contribution in [0.15, 0.2) is 0 Å². The summed E-state index contributed by atoms with van der Waals surface area (Å²) in [6.45, 7) is 2.24. The van der Waals surface area contributed by atoms with Crippen molar-refractivity contribution in [2.24, 2.45) is 17.8 Å². The SMILES string of the molecule is CCCCC1CCCCC(C2CCCCCC2)C1=O. The van der Waals surface area contributed by atoms with E-state index in [0.717, 1.165) is 5.92 Å². The average molecular weight is 264 g/mol. The van der Waals surface area contributed by atoms with E-state index in [1.165, 1.54) is 83.5 Å². The van der Waals surface area contributed by atoms with Gasteiger partial charge in [-0.25, -0.2) is 0 Å². The van der Waals surface area contributed by atoms with Crippen molar-refractivity contribution in [1.82, 2.24) is 0 Å². The second-order valence-electron chi connectivity index (χ2n) is 6.88. The van der Waals surface area contributed by atoms with Gasteiger partial charge >= 0.3 is 0 Å². The summed E-state index contributed by atoms with van der Waals surface area (Å²) in [5, 5.41) is 0. The van der Waals surface area contributed by atoms with Crippen molar-refractivity contribution in [2.45, 2.75) is 90.4 Å². The van der Waals surface area contributed by atoms with Gasteiger partial charge in [0.25, 0.3) is 0 Å². The van der Waals surface area contributed by atoms with Crippen LogP contribution in [0.2, 0.25) is 0 Å². The number of rotatable bonds is 4. The largest absolute Gasteiger partial charge is 0.299 e. The summed E-state index contributed by atoms with van der Waals surface area (Å²) in [6.07, 6.45) is 16.8. The Morgan fingerprint density at radius 3 is 2.21 bits per heavy atom. The molecule has 0 bridgehead atoms. The molecule has 0 aromatic rings. The fourth-order valence-electron chi connectivity index (χ4n) is 4.26. The van der Waals surface area contributed by atoms with Crippen molar-refractivity contribution in [3.8, 4) is 0 Å². The number of ketones is 1. The monoisotopic (exact) mass is 264 g/mol. The molecule has 2 unspecified atom stereocenters. The molecule has 2 rings (SSSR count). The van der Waals surface area contributed by atoms with Crippen molar-refractivity contribution in [3.63, 3.8) is 0 Å². The Morgan fingerprint density at radius 2 is 1.53 bits per heavy atom. The smallest absolute Gasteiger partial charge is 0.139 e. The topological polar surface area (TPSA) is 17.1 Å². The Kier molecular flexibility index (Phi) is 6.40. The first-order valence-corrected chi connectivity index (χ1v) is 8.86. The summed E-state index contributed by atoms with van der Waals surface area (Å²) >= 11 is 0. The Balaban J connectivity index is 1.98. The van der Waals surface area contributed by atoms with E-state index in [2.05, 4.69) is 6.92 Å². The summed E-state index contributed by atoms with van der Waals surface area (Å²) in [5.74, 6) is 2.24. The van der Waals surface area contributed by atoms with E-state index in [4.69, 9.17) is 0 Å². The molecule has 2 aliphatic carbocycles. The normalized spacial score (nSPS) is 30.9. The summed E-state index contributed by atoms with van der Waals surface area (Å²) in [5.41, 5.74) is 0. The minimum absolute atomic E-state index is 0.413. The first-order chi connectivity index (χ1) is 9.33. The van der Waals surface area contributed by atoms with Gasteiger partial charge in [-0.3, -0.25) is 4.79 Å². The lowest BCUT2D eigenvalue weighted by molar-refractivity contribution is -0.128. The van der Waals surface area contributed by atoms with Crippen LogP contribution in [-0.2, 0) is 4.79 Å². The molecule has 0 aromatic carbocycles. The first-order valence-electron chi connectivity index (χ1n) is 8.86. The Hall–Kier alpha value is -0.330. The molecule has 0 aromatic heterocycles. The Morgan fingerprint density at radius 1 is 0.895 bits per heavy atom. The highest BCUT2D eigenvalue weighted by Gasteiger charge is 2.34. The van der Waals surface area contributed by atoms with E-state index in [0.29, 0.717) is 17.6 Å². The van der Waals surface area contributed by atoms with E-state index < -0.39 is 0 Å². The Bertz CT molecular complexity index is 263. The third kappa shape index (κ3) is 4.33. The van der Waals surface area contributed by atoms with Crippen LogP contribution in [-0.4, -0.2) is 5.78 Å². The van der Waals surface area contributed by atoms with Gasteiger partial charge < -0.3 is 0 Å². The highest BCUT2D eigenvalue weighted by molar-refractivity contribution is 5.84. The maximum Gasteiger partial charge on any atom is 0.139 e. The molecule has 2 saturated carbocycles. The van der Waals surface area contributed by atoms with Crippen molar-refractivity contribution in [2.75, 3.05) is 0 Å². The van der Waals surface area contributed by atoms with Gasteiger partial charge in [0, 0.05) is 11.8 Å². The maximum absolute atomic E-state index is 12.9. The van der Waals surface area contributed by atoms with Crippen LogP contribution in [0.3, 0.4) is 0 Å². The van der Waals surface area contributed by atoms with Crippen LogP contribution in [0.1, 0.15) is 90.4 Å². The van der Waals surface area contributed by atoms with Gasteiger partial charge in [-0.2, -0.15) is 0 Å². The molecule has 2 aliphatic rings. The molecule has 0 heterocycles. The molecule has 19 heavy (non-hydrogen) atoms. The zero-order chi connectivity index (χ0) is 13.5. The average Bonchev–Trinajstić information content (AvgIpc) is 2.78. The van der Waals surface area contributed by atoms with Crippen LogP contribution in [0.4, 0.5) is 0 Å². The zero-order valence-corrected chi connectivity index (χ0v) is 12.8. The van der Waals surface area contributed by atoms with Crippen LogP contribution >= 0.6 is 0 Å². The van der Waals surface area contributed by atoms with E-state index in [1.54, 1.807) is 0 Å². The lowest BCUT2D eigenvalue weighted by Crippen LogP contribution is -2.28. The summed E-state index contributed by atoms with van der Waals surface area (Å²) in [6, 6.07) is 0. The molecule has 2 atom stereocenters. The molecule has 0 saturated heterocycles. The number of unbranched alkanes of at least 4 members (excludes halogenated alkanes) is 1. The van der Waals surface area contributed by atoms with Gasteiger partial charge in [0.2, 0.25) is 0 Å². The molecule has 1 nitrogen and oxygen atoms in total. The van der Waals surface area contributed by atoms with E-state index >= 15 is 0 Å². The van der Waals surface area contributed by atoms with E-state index in [9.17, 15) is 4.79 Å². The van der Waals surface area contributed by atoms with Crippen molar-refractivity contribution >= 4 is 5.78 Å². The molecule has 110 valence electrons. The molecule has 0 spiro atoms. The minimum atomic E-state index is 0.413. The highest BCUT2D eigenvalue weighted by Crippen LogP contribution is 2.37. The quantitative estimate of drug-likeness (QED) is 0.611. The van der Waals surface area contributed by atoms with E-state index in [-0.39, 0.29) is 0 Å². The van der Waals surface area contributed by atoms with Gasteiger partial charge in [-0.1, -0.05) is 58.3 Å². The molecule has 0 amide bonds.